The number of rotatable bonds is 9. The lowest BCUT2D eigenvalue weighted by molar-refractivity contribution is -0.112. The van der Waals surface area contributed by atoms with Gasteiger partial charge in [0.25, 0.3) is 5.24 Å². The van der Waals surface area contributed by atoms with Gasteiger partial charge >= 0.3 is 0 Å². The fourth-order valence-electron chi connectivity index (χ4n) is 3.27. The summed E-state index contributed by atoms with van der Waals surface area (Å²) in [7, 11) is -1.83. The molecule has 0 aliphatic carbocycles. The summed E-state index contributed by atoms with van der Waals surface area (Å²) in [6.07, 6.45) is 3.13. The van der Waals surface area contributed by atoms with Gasteiger partial charge in [-0.1, -0.05) is 39.0 Å². The largest absolute Gasteiger partial charge is 0.493 e. The van der Waals surface area contributed by atoms with E-state index in [0.29, 0.717) is 19.4 Å². The Kier molecular flexibility index (Phi) is 8.03. The number of carbonyl (C=O) groups excluding carboxylic acids is 2. The van der Waals surface area contributed by atoms with Gasteiger partial charge in [0, 0.05) is 36.5 Å². The molecule has 1 aromatic heterocycles. The maximum Gasteiger partial charge on any atom is 0.287 e. The summed E-state index contributed by atoms with van der Waals surface area (Å²) in [6.45, 7) is 13.9. The maximum atomic E-state index is 11.7. The molecule has 0 radical (unpaired) electrons. The topological polar surface area (TPSA) is 77.5 Å². The molecule has 2 heterocycles. The third kappa shape index (κ3) is 6.91. The molecule has 1 amide bonds. The van der Waals surface area contributed by atoms with E-state index in [-0.39, 0.29) is 21.5 Å². The van der Waals surface area contributed by atoms with Crippen LogP contribution in [0.2, 0.25) is 18.1 Å². The molecular weight excluding hydrogens is 452 g/mol. The summed E-state index contributed by atoms with van der Waals surface area (Å²) in [6, 6.07) is 11.3. The zero-order valence-corrected chi connectivity index (χ0v) is 22.1. The SMILES string of the molecule is CC(O[Si](C)(C)C(C)(C)C)c1ccc(CCOc2ccc(CC3NC(=O)SC3=O)cc2)nc1. The van der Waals surface area contributed by atoms with Crippen LogP contribution >= 0.6 is 11.8 Å². The van der Waals surface area contributed by atoms with Gasteiger partial charge in [0.2, 0.25) is 5.12 Å². The van der Waals surface area contributed by atoms with E-state index in [2.05, 4.69) is 57.2 Å². The standard InChI is InChI=1S/C25H34N2O4SSi/c1-17(31-33(5,6)25(2,3)4)19-9-10-20(26-16-19)13-14-30-21-11-7-18(8-12-21)15-22-23(28)32-24(29)27-22/h7-12,16-17,22H,13-15H2,1-6H3,(H,27,29). The van der Waals surface area contributed by atoms with Gasteiger partial charge in [0.15, 0.2) is 8.32 Å². The van der Waals surface area contributed by atoms with Crippen LogP contribution in [-0.2, 0) is 22.1 Å². The molecule has 1 aliphatic rings. The van der Waals surface area contributed by atoms with Gasteiger partial charge in [-0.25, -0.2) is 0 Å². The molecule has 3 rings (SSSR count). The molecule has 1 saturated heterocycles. The fraction of sp³-hybridized carbons (Fsp3) is 0.480. The molecule has 8 heteroatoms. The van der Waals surface area contributed by atoms with Gasteiger partial charge < -0.3 is 14.5 Å². The Hall–Kier alpha value is -2.16. The molecule has 178 valence electrons. The number of nitrogens with zero attached hydrogens (tertiary/aromatic N) is 1. The highest BCUT2D eigenvalue weighted by atomic mass is 32.2. The fourth-order valence-corrected chi connectivity index (χ4v) is 5.31. The smallest absolute Gasteiger partial charge is 0.287 e. The molecule has 0 saturated carbocycles. The Morgan fingerprint density at radius 3 is 2.36 bits per heavy atom. The number of ether oxygens (including phenoxy) is 1. The Balaban J connectivity index is 1.46. The molecule has 1 fully saturated rings. The number of thioether (sulfide) groups is 1. The van der Waals surface area contributed by atoms with Crippen molar-refractivity contribution in [1.82, 2.24) is 10.3 Å². The zero-order chi connectivity index (χ0) is 24.2. The normalized spacial score (nSPS) is 17.7. The highest BCUT2D eigenvalue weighted by Crippen LogP contribution is 2.39. The van der Waals surface area contributed by atoms with Crippen molar-refractivity contribution in [2.24, 2.45) is 0 Å². The van der Waals surface area contributed by atoms with Gasteiger partial charge in [-0.3, -0.25) is 14.6 Å². The minimum absolute atomic E-state index is 0.0219. The van der Waals surface area contributed by atoms with Crippen molar-refractivity contribution >= 4 is 30.4 Å². The molecular formula is C25H34N2O4SSi. The van der Waals surface area contributed by atoms with Crippen molar-refractivity contribution in [1.29, 1.82) is 0 Å². The van der Waals surface area contributed by atoms with Crippen LogP contribution in [0.15, 0.2) is 42.6 Å². The van der Waals surface area contributed by atoms with Crippen molar-refractivity contribution in [2.45, 2.75) is 70.8 Å². The van der Waals surface area contributed by atoms with Crippen LogP contribution in [-0.4, -0.2) is 36.3 Å². The number of carbonyl (C=O) groups is 2. The molecule has 2 unspecified atom stereocenters. The molecule has 2 aromatic rings. The van der Waals surface area contributed by atoms with E-state index in [1.807, 2.05) is 36.5 Å². The van der Waals surface area contributed by atoms with Crippen LogP contribution in [0.1, 0.15) is 50.6 Å². The molecule has 0 bridgehead atoms. The Morgan fingerprint density at radius 1 is 1.12 bits per heavy atom. The molecule has 6 nitrogen and oxygen atoms in total. The first-order chi connectivity index (χ1) is 15.4. The first-order valence-electron chi connectivity index (χ1n) is 11.3. The number of hydrogen-bond donors (Lipinski definition) is 1. The van der Waals surface area contributed by atoms with Crippen molar-refractivity contribution in [2.75, 3.05) is 6.61 Å². The second kappa shape index (κ2) is 10.4. The highest BCUT2D eigenvalue weighted by Gasteiger charge is 2.38. The second-order valence-electron chi connectivity index (χ2n) is 9.96. The van der Waals surface area contributed by atoms with E-state index in [1.165, 1.54) is 0 Å². The molecule has 1 N–H and O–H groups in total. The molecule has 1 aliphatic heterocycles. The Bertz CT molecular complexity index is 971. The van der Waals surface area contributed by atoms with Crippen LogP contribution in [0.25, 0.3) is 0 Å². The number of hydrogen-bond acceptors (Lipinski definition) is 6. The summed E-state index contributed by atoms with van der Waals surface area (Å²) in [5.74, 6) is 0.767. The lowest BCUT2D eigenvalue weighted by atomic mass is 10.1. The van der Waals surface area contributed by atoms with Crippen molar-refractivity contribution in [3.05, 3.63) is 59.4 Å². The van der Waals surface area contributed by atoms with Crippen LogP contribution in [0, 0.1) is 0 Å². The summed E-state index contributed by atoms with van der Waals surface area (Å²) >= 11 is 0.740. The lowest BCUT2D eigenvalue weighted by Crippen LogP contribution is -2.41. The summed E-state index contributed by atoms with van der Waals surface area (Å²) in [5.41, 5.74) is 3.05. The third-order valence-corrected chi connectivity index (χ3v) is 11.7. The Morgan fingerprint density at radius 2 is 1.82 bits per heavy atom. The van der Waals surface area contributed by atoms with Gasteiger partial charge in [0.05, 0.1) is 12.7 Å². The highest BCUT2D eigenvalue weighted by molar-refractivity contribution is 8.26. The minimum atomic E-state index is -1.83. The van der Waals surface area contributed by atoms with Crippen LogP contribution in [0.4, 0.5) is 4.79 Å². The van der Waals surface area contributed by atoms with E-state index in [0.717, 1.165) is 34.3 Å². The third-order valence-electron chi connectivity index (χ3n) is 6.35. The number of benzene rings is 1. The zero-order valence-electron chi connectivity index (χ0n) is 20.3. The van der Waals surface area contributed by atoms with E-state index in [1.54, 1.807) is 0 Å². The minimum Gasteiger partial charge on any atom is -0.493 e. The first kappa shape index (κ1) is 25.5. The molecule has 0 spiro atoms. The number of aromatic nitrogens is 1. The second-order valence-corrected chi connectivity index (χ2v) is 15.7. The maximum absolute atomic E-state index is 11.7. The van der Waals surface area contributed by atoms with E-state index < -0.39 is 14.4 Å². The predicted molar refractivity (Wildman–Crippen MR) is 135 cm³/mol. The van der Waals surface area contributed by atoms with Gasteiger partial charge in [-0.2, -0.15) is 0 Å². The first-order valence-corrected chi connectivity index (χ1v) is 15.0. The molecule has 33 heavy (non-hydrogen) atoms. The quantitative estimate of drug-likeness (QED) is 0.460. The van der Waals surface area contributed by atoms with Crippen LogP contribution < -0.4 is 10.1 Å². The van der Waals surface area contributed by atoms with Crippen LogP contribution in [0.5, 0.6) is 5.75 Å². The van der Waals surface area contributed by atoms with Gasteiger partial charge in [-0.05, 0) is 54.4 Å². The summed E-state index contributed by atoms with van der Waals surface area (Å²) in [5, 5.41) is 2.45. The van der Waals surface area contributed by atoms with Gasteiger partial charge in [-0.15, -0.1) is 0 Å². The number of nitrogens with one attached hydrogen (secondary N) is 1. The summed E-state index contributed by atoms with van der Waals surface area (Å²) < 4.78 is 12.3. The number of pyridine rings is 1. The average molecular weight is 487 g/mol. The van der Waals surface area contributed by atoms with Crippen molar-refractivity contribution < 1.29 is 18.8 Å². The van der Waals surface area contributed by atoms with Crippen molar-refractivity contribution in [3.63, 3.8) is 0 Å². The summed E-state index contributed by atoms with van der Waals surface area (Å²) in [4.78, 5) is 27.6. The average Bonchev–Trinajstić information content (AvgIpc) is 3.05. The van der Waals surface area contributed by atoms with E-state index >= 15 is 0 Å². The van der Waals surface area contributed by atoms with Crippen molar-refractivity contribution in [3.8, 4) is 5.75 Å². The van der Waals surface area contributed by atoms with E-state index in [4.69, 9.17) is 9.16 Å². The number of amides is 1. The van der Waals surface area contributed by atoms with Gasteiger partial charge in [0.1, 0.15) is 11.8 Å². The Labute approximate surface area is 202 Å². The van der Waals surface area contributed by atoms with E-state index in [9.17, 15) is 9.59 Å². The lowest BCUT2D eigenvalue weighted by Gasteiger charge is -2.38. The molecule has 1 aromatic carbocycles. The predicted octanol–water partition coefficient (Wildman–Crippen LogP) is 5.68. The van der Waals surface area contributed by atoms with Crippen LogP contribution in [0.3, 0.4) is 0 Å². The monoisotopic (exact) mass is 486 g/mol. The molecule has 2 atom stereocenters.